The summed E-state index contributed by atoms with van der Waals surface area (Å²) in [5.41, 5.74) is 0.466. The Hall–Kier alpha value is -0.890. The zero-order valence-electron chi connectivity index (χ0n) is 10.1. The quantitative estimate of drug-likeness (QED) is 0.659. The largest absolute Gasteiger partial charge is 0.310 e. The van der Waals surface area contributed by atoms with Crippen LogP contribution in [0.3, 0.4) is 0 Å². The second-order valence-corrected chi connectivity index (χ2v) is 2.65. The van der Waals surface area contributed by atoms with Gasteiger partial charge in [0.1, 0.15) is 0 Å². The van der Waals surface area contributed by atoms with E-state index in [1.54, 1.807) is 0 Å². The molecule has 2 rings (SSSR count). The summed E-state index contributed by atoms with van der Waals surface area (Å²) in [6.07, 6.45) is 1.56. The van der Waals surface area contributed by atoms with Crippen LogP contribution in [-0.4, -0.2) is 11.5 Å². The van der Waals surface area contributed by atoms with E-state index in [0.29, 0.717) is 5.56 Å². The maximum atomic E-state index is 7.73. The molecule has 1 N–H and O–H groups in total. The molecule has 58 valence electrons. The van der Waals surface area contributed by atoms with Crippen LogP contribution in [0.4, 0.5) is 0 Å². The molecule has 2 heteroatoms. The highest BCUT2D eigenvalue weighted by Gasteiger charge is 2.15. The molecule has 0 aliphatic carbocycles. The fourth-order valence-electron chi connectivity index (χ4n) is 1.34. The fourth-order valence-corrected chi connectivity index (χ4v) is 1.34. The molecule has 2 heterocycles. The minimum absolute atomic E-state index is 0.0283. The van der Waals surface area contributed by atoms with Crippen LogP contribution >= 0.6 is 0 Å². The molecule has 1 aliphatic heterocycles. The Morgan fingerprint density at radius 1 is 1.73 bits per heavy atom. The van der Waals surface area contributed by atoms with Crippen molar-refractivity contribution >= 4 is 0 Å². The zero-order chi connectivity index (χ0) is 11.0. The summed E-state index contributed by atoms with van der Waals surface area (Å²) in [5.74, 6) is 0. The fraction of sp³-hybridized carbons (Fsp3) is 0.444. The second-order valence-electron chi connectivity index (χ2n) is 2.65. The van der Waals surface area contributed by atoms with Gasteiger partial charge in [0, 0.05) is 18.4 Å². The summed E-state index contributed by atoms with van der Waals surface area (Å²) in [6, 6.07) is -0.253. The first-order valence-corrected chi connectivity index (χ1v) is 3.79. The third-order valence-corrected chi connectivity index (χ3v) is 1.89. The van der Waals surface area contributed by atoms with Gasteiger partial charge in [-0.05, 0) is 31.0 Å². The Bertz CT molecular complexity index is 388. The number of nitrogens with zero attached hydrogens (tertiary/aromatic N) is 1. The molecule has 1 aromatic heterocycles. The molecule has 1 atom stereocenters. The highest BCUT2D eigenvalue weighted by molar-refractivity contribution is 5.14. The van der Waals surface area contributed by atoms with Crippen molar-refractivity contribution in [3.05, 3.63) is 30.0 Å². The number of nitrogens with one attached hydrogen (secondary N) is 1. The van der Waals surface area contributed by atoms with Crippen LogP contribution in [0.5, 0.6) is 0 Å². The molecule has 0 amide bonds. The Morgan fingerprint density at radius 3 is 3.55 bits per heavy atom. The van der Waals surface area contributed by atoms with Gasteiger partial charge in [0.2, 0.25) is 0 Å². The van der Waals surface area contributed by atoms with Crippen molar-refractivity contribution < 1.29 is 5.48 Å². The monoisotopic (exact) mass is 152 g/mol. The molecule has 0 spiro atoms. The van der Waals surface area contributed by atoms with Gasteiger partial charge in [-0.25, -0.2) is 0 Å². The summed E-state index contributed by atoms with van der Waals surface area (Å²) < 4.78 is 30.2. The van der Waals surface area contributed by atoms with E-state index in [1.807, 2.05) is 0 Å². The Labute approximate surface area is 72.3 Å². The van der Waals surface area contributed by atoms with Gasteiger partial charge in [-0.3, -0.25) is 4.98 Å². The van der Waals surface area contributed by atoms with Crippen LogP contribution in [0.15, 0.2) is 24.4 Å². The van der Waals surface area contributed by atoms with Gasteiger partial charge in [-0.2, -0.15) is 0 Å². The maximum Gasteiger partial charge on any atom is 0.0843 e. The van der Waals surface area contributed by atoms with Crippen molar-refractivity contribution in [2.75, 3.05) is 6.54 Å². The Balaban J connectivity index is 2.50. The van der Waals surface area contributed by atoms with Crippen molar-refractivity contribution in [3.8, 4) is 0 Å². The summed E-state index contributed by atoms with van der Waals surface area (Å²) in [6.45, 7) is 0.875. The highest BCUT2D eigenvalue weighted by Crippen LogP contribution is 2.21. The van der Waals surface area contributed by atoms with Crippen LogP contribution in [0.2, 0.25) is 0 Å². The Morgan fingerprint density at radius 2 is 2.73 bits per heavy atom. The second kappa shape index (κ2) is 3.01. The molecule has 1 saturated heterocycles. The predicted octanol–water partition coefficient (Wildman–Crippen LogP) is 1.51. The van der Waals surface area contributed by atoms with Crippen LogP contribution in [0, 0.1) is 0 Å². The molecule has 11 heavy (non-hydrogen) atoms. The number of pyridine rings is 1. The van der Waals surface area contributed by atoms with Crippen molar-refractivity contribution in [1.82, 2.24) is 10.3 Å². The number of hydrogen-bond donors (Lipinski definition) is 1. The van der Waals surface area contributed by atoms with Gasteiger partial charge >= 0.3 is 0 Å². The molecule has 0 radical (unpaired) electrons. The van der Waals surface area contributed by atoms with Crippen molar-refractivity contribution in [1.29, 1.82) is 0 Å². The molecule has 1 fully saturated rings. The van der Waals surface area contributed by atoms with Crippen LogP contribution in [0.25, 0.3) is 0 Å². The molecule has 1 aliphatic rings. The van der Waals surface area contributed by atoms with Gasteiger partial charge in [0.15, 0.2) is 0 Å². The van der Waals surface area contributed by atoms with E-state index in [2.05, 4.69) is 10.3 Å². The van der Waals surface area contributed by atoms with Crippen LogP contribution < -0.4 is 5.32 Å². The minimum atomic E-state index is -0.285. The average Bonchev–Trinajstić information content (AvgIpc) is 2.68. The lowest BCUT2D eigenvalue weighted by molar-refractivity contribution is 0.645. The lowest BCUT2D eigenvalue weighted by Crippen LogP contribution is -2.12. The van der Waals surface area contributed by atoms with E-state index in [4.69, 9.17) is 5.48 Å². The molecule has 0 saturated carbocycles. The molecule has 1 aromatic rings. The molecule has 0 bridgehead atoms. The molecule has 1 unspecified atom stereocenters. The predicted molar refractivity (Wildman–Crippen MR) is 44.2 cm³/mol. The minimum Gasteiger partial charge on any atom is -0.310 e. The summed E-state index contributed by atoms with van der Waals surface area (Å²) >= 11 is 0. The van der Waals surface area contributed by atoms with Crippen LogP contribution in [0.1, 0.15) is 29.9 Å². The Kier molecular flexibility index (Phi) is 1.01. The first-order valence-electron chi connectivity index (χ1n) is 5.79. The lowest BCUT2D eigenvalue weighted by Gasteiger charge is -2.08. The van der Waals surface area contributed by atoms with Crippen molar-refractivity contribution in [3.63, 3.8) is 0 Å². The number of aromatic nitrogens is 1. The molecular formula is C9H12N2. The molecule has 2 nitrogen and oxygen atoms in total. The van der Waals surface area contributed by atoms with E-state index in [9.17, 15) is 0 Å². The standard InChI is InChI=1S/C9H12N2/c1-3-8(7-10-5-1)9-4-2-6-11-9/h1,3,5,7,9,11H,2,4,6H2/i1D,3D,5D,7D. The van der Waals surface area contributed by atoms with Crippen molar-refractivity contribution in [2.24, 2.45) is 0 Å². The molecular weight excluding hydrogens is 136 g/mol. The van der Waals surface area contributed by atoms with Gasteiger partial charge < -0.3 is 5.32 Å². The third kappa shape index (κ3) is 1.40. The van der Waals surface area contributed by atoms with E-state index in [-0.39, 0.29) is 30.5 Å². The van der Waals surface area contributed by atoms with Crippen molar-refractivity contribution in [2.45, 2.75) is 18.9 Å². The van der Waals surface area contributed by atoms with Gasteiger partial charge in [-0.1, -0.05) is 6.04 Å². The normalized spacial score (nSPS) is 28.9. The number of hydrogen-bond acceptors (Lipinski definition) is 2. The third-order valence-electron chi connectivity index (χ3n) is 1.89. The lowest BCUT2D eigenvalue weighted by atomic mass is 10.1. The SMILES string of the molecule is [2H]c1nc([2H])c(C2CCCN2)c([2H])c1[2H]. The smallest absolute Gasteiger partial charge is 0.0843 e. The summed E-state index contributed by atoms with van der Waals surface area (Å²) in [5, 5.41) is 3.18. The number of rotatable bonds is 1. The van der Waals surface area contributed by atoms with E-state index >= 15 is 0 Å². The first-order chi connectivity index (χ1) is 7.11. The maximum absolute atomic E-state index is 7.73. The van der Waals surface area contributed by atoms with E-state index in [1.165, 1.54) is 0 Å². The van der Waals surface area contributed by atoms with Gasteiger partial charge in [-0.15, -0.1) is 0 Å². The first kappa shape index (κ1) is 3.68. The van der Waals surface area contributed by atoms with Gasteiger partial charge in [0.05, 0.1) is 5.48 Å². The van der Waals surface area contributed by atoms with E-state index < -0.39 is 0 Å². The zero-order valence-corrected chi connectivity index (χ0v) is 6.15. The summed E-state index contributed by atoms with van der Waals surface area (Å²) in [4.78, 5) is 3.66. The average molecular weight is 152 g/mol. The van der Waals surface area contributed by atoms with Gasteiger partial charge in [0.25, 0.3) is 0 Å². The highest BCUT2D eigenvalue weighted by atomic mass is 14.9. The molecule has 0 aromatic carbocycles. The van der Waals surface area contributed by atoms with E-state index in [0.717, 1.165) is 19.4 Å². The summed E-state index contributed by atoms with van der Waals surface area (Å²) in [7, 11) is 0. The van der Waals surface area contributed by atoms with Crippen LogP contribution in [-0.2, 0) is 0 Å². The topological polar surface area (TPSA) is 24.9 Å².